The van der Waals surface area contributed by atoms with Crippen LogP contribution in [0.3, 0.4) is 0 Å². The molecule has 0 radical (unpaired) electrons. The molecule has 1 nitrogen and oxygen atoms in total. The fraction of sp³-hybridized carbons (Fsp3) is 0.571. The molecule has 1 N–H and O–H groups in total. The zero-order valence-corrected chi connectivity index (χ0v) is 11.3. The van der Waals surface area contributed by atoms with Gasteiger partial charge in [0.1, 0.15) is 0 Å². The molecule has 0 atom stereocenters. The number of aryl methyl sites for hydroxylation is 1. The van der Waals surface area contributed by atoms with E-state index in [0.29, 0.717) is 0 Å². The summed E-state index contributed by atoms with van der Waals surface area (Å²) in [5.41, 5.74) is 1.57. The van der Waals surface area contributed by atoms with E-state index in [9.17, 15) is 0 Å². The SMILES string of the molecule is CC(C)(C)NCCCCc1cccc(Cl)c1. The highest BCUT2D eigenvalue weighted by atomic mass is 35.5. The van der Waals surface area contributed by atoms with Gasteiger partial charge in [-0.05, 0) is 64.3 Å². The van der Waals surface area contributed by atoms with E-state index < -0.39 is 0 Å². The topological polar surface area (TPSA) is 12.0 Å². The Labute approximate surface area is 104 Å². The molecule has 0 amide bonds. The van der Waals surface area contributed by atoms with E-state index in [-0.39, 0.29) is 5.54 Å². The maximum atomic E-state index is 5.93. The first kappa shape index (κ1) is 13.5. The highest BCUT2D eigenvalue weighted by molar-refractivity contribution is 6.30. The number of halogens is 1. The van der Waals surface area contributed by atoms with Gasteiger partial charge in [-0.3, -0.25) is 0 Å². The summed E-state index contributed by atoms with van der Waals surface area (Å²) in [5, 5.41) is 4.33. The molecule has 0 aliphatic carbocycles. The van der Waals surface area contributed by atoms with Crippen LogP contribution < -0.4 is 5.32 Å². The molecule has 0 aliphatic heterocycles. The molecule has 0 fully saturated rings. The van der Waals surface area contributed by atoms with Gasteiger partial charge in [-0.15, -0.1) is 0 Å². The van der Waals surface area contributed by atoms with E-state index in [0.717, 1.165) is 18.0 Å². The maximum absolute atomic E-state index is 5.93. The molecular formula is C14H22ClN. The van der Waals surface area contributed by atoms with Gasteiger partial charge in [-0.25, -0.2) is 0 Å². The largest absolute Gasteiger partial charge is 0.312 e. The molecule has 0 spiro atoms. The van der Waals surface area contributed by atoms with Crippen molar-refractivity contribution in [1.29, 1.82) is 0 Å². The summed E-state index contributed by atoms with van der Waals surface area (Å²) >= 11 is 5.93. The van der Waals surface area contributed by atoms with E-state index in [1.165, 1.54) is 18.4 Å². The van der Waals surface area contributed by atoms with Crippen molar-refractivity contribution in [2.24, 2.45) is 0 Å². The Balaban J connectivity index is 2.17. The normalized spacial score (nSPS) is 11.8. The molecule has 0 saturated heterocycles. The van der Waals surface area contributed by atoms with Crippen LogP contribution in [0.5, 0.6) is 0 Å². The summed E-state index contributed by atoms with van der Waals surface area (Å²) in [4.78, 5) is 0. The molecule has 1 rings (SSSR count). The zero-order valence-electron chi connectivity index (χ0n) is 10.5. The molecular weight excluding hydrogens is 218 g/mol. The lowest BCUT2D eigenvalue weighted by Crippen LogP contribution is -2.36. The van der Waals surface area contributed by atoms with E-state index in [2.05, 4.69) is 38.2 Å². The number of unbranched alkanes of at least 4 members (excludes halogenated alkanes) is 1. The molecule has 16 heavy (non-hydrogen) atoms. The fourth-order valence-corrected chi connectivity index (χ4v) is 1.82. The van der Waals surface area contributed by atoms with Crippen LogP contribution >= 0.6 is 11.6 Å². The zero-order chi connectivity index (χ0) is 12.0. The summed E-state index contributed by atoms with van der Waals surface area (Å²) in [7, 11) is 0. The second-order valence-electron chi connectivity index (χ2n) is 5.26. The van der Waals surface area contributed by atoms with Crippen molar-refractivity contribution in [3.8, 4) is 0 Å². The second kappa shape index (κ2) is 6.27. The summed E-state index contributed by atoms with van der Waals surface area (Å²) < 4.78 is 0. The fourth-order valence-electron chi connectivity index (χ4n) is 1.61. The molecule has 2 heteroatoms. The highest BCUT2D eigenvalue weighted by Gasteiger charge is 2.06. The second-order valence-corrected chi connectivity index (χ2v) is 5.70. The molecule has 0 aliphatic rings. The van der Waals surface area contributed by atoms with Crippen molar-refractivity contribution < 1.29 is 0 Å². The number of benzene rings is 1. The molecule has 1 aromatic rings. The summed E-state index contributed by atoms with van der Waals surface area (Å²) in [6, 6.07) is 8.14. The van der Waals surface area contributed by atoms with E-state index in [1.54, 1.807) is 0 Å². The van der Waals surface area contributed by atoms with Gasteiger partial charge in [0.25, 0.3) is 0 Å². The van der Waals surface area contributed by atoms with Gasteiger partial charge < -0.3 is 5.32 Å². The lowest BCUT2D eigenvalue weighted by molar-refractivity contribution is 0.419. The van der Waals surface area contributed by atoms with Crippen LogP contribution in [0.25, 0.3) is 0 Å². The Morgan fingerprint density at radius 3 is 2.56 bits per heavy atom. The van der Waals surface area contributed by atoms with E-state index in [4.69, 9.17) is 11.6 Å². The summed E-state index contributed by atoms with van der Waals surface area (Å²) in [5.74, 6) is 0. The van der Waals surface area contributed by atoms with Crippen LogP contribution in [-0.2, 0) is 6.42 Å². The van der Waals surface area contributed by atoms with Gasteiger partial charge in [-0.2, -0.15) is 0 Å². The summed E-state index contributed by atoms with van der Waals surface area (Å²) in [6.45, 7) is 7.68. The standard InChI is InChI=1S/C14H22ClN/c1-14(2,3)16-10-5-4-7-12-8-6-9-13(15)11-12/h6,8-9,11,16H,4-5,7,10H2,1-3H3. The lowest BCUT2D eigenvalue weighted by Gasteiger charge is -2.20. The lowest BCUT2D eigenvalue weighted by atomic mass is 10.1. The number of hydrogen-bond donors (Lipinski definition) is 1. The third-order valence-electron chi connectivity index (χ3n) is 2.44. The van der Waals surface area contributed by atoms with Crippen LogP contribution in [0.2, 0.25) is 5.02 Å². The van der Waals surface area contributed by atoms with Crippen molar-refractivity contribution in [3.05, 3.63) is 34.9 Å². The molecule has 0 bridgehead atoms. The molecule has 0 heterocycles. The van der Waals surface area contributed by atoms with Crippen molar-refractivity contribution in [3.63, 3.8) is 0 Å². The molecule has 90 valence electrons. The van der Waals surface area contributed by atoms with E-state index in [1.807, 2.05) is 12.1 Å². The number of nitrogens with one attached hydrogen (secondary N) is 1. The van der Waals surface area contributed by atoms with Gasteiger partial charge >= 0.3 is 0 Å². The van der Waals surface area contributed by atoms with Gasteiger partial charge in [0.15, 0.2) is 0 Å². The number of rotatable bonds is 5. The quantitative estimate of drug-likeness (QED) is 0.765. The Hall–Kier alpha value is -0.530. The Morgan fingerprint density at radius 2 is 1.94 bits per heavy atom. The van der Waals surface area contributed by atoms with Crippen LogP contribution in [-0.4, -0.2) is 12.1 Å². The Kier molecular flexibility index (Phi) is 5.30. The minimum atomic E-state index is 0.232. The first-order valence-corrected chi connectivity index (χ1v) is 6.35. The highest BCUT2D eigenvalue weighted by Crippen LogP contribution is 2.12. The van der Waals surface area contributed by atoms with Gasteiger partial charge in [-0.1, -0.05) is 23.7 Å². The van der Waals surface area contributed by atoms with Crippen molar-refractivity contribution in [2.45, 2.75) is 45.6 Å². The average molecular weight is 240 g/mol. The van der Waals surface area contributed by atoms with Gasteiger partial charge in [0.05, 0.1) is 0 Å². The van der Waals surface area contributed by atoms with Gasteiger partial charge in [0.2, 0.25) is 0 Å². The third kappa shape index (κ3) is 6.14. The first-order chi connectivity index (χ1) is 7.47. The average Bonchev–Trinajstić information content (AvgIpc) is 2.15. The predicted octanol–water partition coefficient (Wildman–Crippen LogP) is 4.05. The van der Waals surface area contributed by atoms with E-state index >= 15 is 0 Å². The Morgan fingerprint density at radius 1 is 1.19 bits per heavy atom. The van der Waals surface area contributed by atoms with Crippen molar-refractivity contribution in [1.82, 2.24) is 5.32 Å². The van der Waals surface area contributed by atoms with Crippen LogP contribution in [0.15, 0.2) is 24.3 Å². The summed E-state index contributed by atoms with van der Waals surface area (Å²) in [6.07, 6.45) is 3.54. The van der Waals surface area contributed by atoms with Crippen molar-refractivity contribution >= 4 is 11.6 Å². The van der Waals surface area contributed by atoms with Crippen LogP contribution in [0.4, 0.5) is 0 Å². The molecule has 0 unspecified atom stereocenters. The maximum Gasteiger partial charge on any atom is 0.0408 e. The van der Waals surface area contributed by atoms with Crippen molar-refractivity contribution in [2.75, 3.05) is 6.54 Å². The third-order valence-corrected chi connectivity index (χ3v) is 2.67. The Bertz CT molecular complexity index is 315. The number of hydrogen-bond acceptors (Lipinski definition) is 1. The predicted molar refractivity (Wildman–Crippen MR) is 72.1 cm³/mol. The monoisotopic (exact) mass is 239 g/mol. The minimum Gasteiger partial charge on any atom is -0.312 e. The smallest absolute Gasteiger partial charge is 0.0408 e. The molecule has 1 aromatic carbocycles. The molecule has 0 saturated carbocycles. The van der Waals surface area contributed by atoms with Gasteiger partial charge in [0, 0.05) is 10.6 Å². The van der Waals surface area contributed by atoms with Crippen LogP contribution in [0.1, 0.15) is 39.2 Å². The molecule has 0 aromatic heterocycles. The minimum absolute atomic E-state index is 0.232. The van der Waals surface area contributed by atoms with Crippen LogP contribution in [0, 0.1) is 0 Å². The first-order valence-electron chi connectivity index (χ1n) is 5.97.